The number of benzene rings is 2. The van der Waals surface area contributed by atoms with Gasteiger partial charge < -0.3 is 19.3 Å². The number of likely N-dealkylation sites (tertiary alicyclic amines) is 1. The maximum atomic E-state index is 13.2. The molecule has 188 valence electrons. The topological polar surface area (TPSA) is 59.1 Å². The number of nitrogens with zero attached hydrogens (tertiary/aromatic N) is 2. The Balaban J connectivity index is 1.46. The van der Waals surface area contributed by atoms with Gasteiger partial charge in [-0.2, -0.15) is 0 Å². The molecule has 2 amide bonds. The van der Waals surface area contributed by atoms with Crippen LogP contribution in [0.5, 0.6) is 5.75 Å². The van der Waals surface area contributed by atoms with Crippen molar-refractivity contribution in [3.63, 3.8) is 0 Å². The van der Waals surface area contributed by atoms with Crippen molar-refractivity contribution in [3.05, 3.63) is 64.7 Å². The van der Waals surface area contributed by atoms with Crippen molar-refractivity contribution in [2.24, 2.45) is 0 Å². The minimum Gasteiger partial charge on any atom is -0.490 e. The number of amides is 2. The second-order valence-corrected chi connectivity index (χ2v) is 10.1. The van der Waals surface area contributed by atoms with Gasteiger partial charge in [-0.15, -0.1) is 0 Å². The minimum atomic E-state index is -0.886. The highest BCUT2D eigenvalue weighted by Gasteiger charge is 2.42. The molecule has 2 aliphatic heterocycles. The second-order valence-electron chi connectivity index (χ2n) is 9.65. The first-order valence-electron chi connectivity index (χ1n) is 12.6. The van der Waals surface area contributed by atoms with Gasteiger partial charge in [0.1, 0.15) is 18.0 Å². The summed E-state index contributed by atoms with van der Waals surface area (Å²) < 4.78 is 12.4. The van der Waals surface area contributed by atoms with E-state index in [1.807, 2.05) is 59.2 Å². The molecule has 2 aromatic rings. The number of piperidine rings is 1. The molecule has 6 nitrogen and oxygen atoms in total. The Morgan fingerprint density at radius 2 is 1.77 bits per heavy atom. The molecular weight excluding hydrogens is 464 g/mol. The fourth-order valence-corrected chi connectivity index (χ4v) is 4.93. The first-order valence-corrected chi connectivity index (χ1v) is 12.9. The van der Waals surface area contributed by atoms with Gasteiger partial charge in [0.2, 0.25) is 11.8 Å². The summed E-state index contributed by atoms with van der Waals surface area (Å²) in [4.78, 5) is 30.1. The molecule has 0 saturated carbocycles. The zero-order chi connectivity index (χ0) is 24.7. The van der Waals surface area contributed by atoms with Gasteiger partial charge in [-0.3, -0.25) is 9.59 Å². The van der Waals surface area contributed by atoms with Crippen LogP contribution in [0.3, 0.4) is 0 Å². The van der Waals surface area contributed by atoms with Crippen molar-refractivity contribution >= 4 is 23.4 Å². The number of rotatable bonds is 8. The lowest BCUT2D eigenvalue weighted by atomic mass is 9.95. The first-order chi connectivity index (χ1) is 16.9. The molecule has 2 aromatic carbocycles. The molecule has 1 atom stereocenters. The summed E-state index contributed by atoms with van der Waals surface area (Å²) in [6.45, 7) is 4.93. The molecule has 35 heavy (non-hydrogen) atoms. The van der Waals surface area contributed by atoms with E-state index < -0.39 is 5.60 Å². The predicted octanol–water partition coefficient (Wildman–Crippen LogP) is 4.66. The Bertz CT molecular complexity index is 1010. The Labute approximate surface area is 213 Å². The maximum Gasteiger partial charge on any atom is 0.225 e. The normalized spacial score (nSPS) is 20.5. The van der Waals surface area contributed by atoms with Crippen LogP contribution in [0.1, 0.15) is 43.2 Å². The van der Waals surface area contributed by atoms with E-state index in [2.05, 4.69) is 0 Å². The predicted molar refractivity (Wildman–Crippen MR) is 137 cm³/mol. The highest BCUT2D eigenvalue weighted by atomic mass is 35.5. The SMILES string of the molecule is Cc1cc(OCC2(CC(=O)N3CCCCC3)CN(C(=O)CCc3ccccc3)CCO2)ccc1Cl. The Hall–Kier alpha value is -2.57. The van der Waals surface area contributed by atoms with Gasteiger partial charge in [0.15, 0.2) is 0 Å². The van der Waals surface area contributed by atoms with E-state index in [0.717, 1.165) is 43.5 Å². The Morgan fingerprint density at radius 1 is 1.00 bits per heavy atom. The summed E-state index contributed by atoms with van der Waals surface area (Å²) in [7, 11) is 0. The second kappa shape index (κ2) is 11.9. The average molecular weight is 499 g/mol. The van der Waals surface area contributed by atoms with Gasteiger partial charge in [0.05, 0.1) is 19.6 Å². The average Bonchev–Trinajstić information content (AvgIpc) is 2.89. The summed E-state index contributed by atoms with van der Waals surface area (Å²) >= 11 is 6.17. The van der Waals surface area contributed by atoms with Crippen LogP contribution in [-0.4, -0.2) is 66.6 Å². The number of ether oxygens (including phenoxy) is 2. The van der Waals surface area contributed by atoms with Crippen LogP contribution in [-0.2, 0) is 20.7 Å². The van der Waals surface area contributed by atoms with Crippen LogP contribution in [0.25, 0.3) is 0 Å². The summed E-state index contributed by atoms with van der Waals surface area (Å²) in [5.74, 6) is 0.821. The van der Waals surface area contributed by atoms with E-state index in [0.29, 0.717) is 43.3 Å². The Morgan fingerprint density at radius 3 is 2.51 bits per heavy atom. The van der Waals surface area contributed by atoms with Gasteiger partial charge in [0, 0.05) is 31.1 Å². The molecule has 0 N–H and O–H groups in total. The van der Waals surface area contributed by atoms with Crippen molar-refractivity contribution in [1.29, 1.82) is 0 Å². The molecule has 4 rings (SSSR count). The lowest BCUT2D eigenvalue weighted by Crippen LogP contribution is -2.58. The van der Waals surface area contributed by atoms with Gasteiger partial charge in [-0.05, 0) is 61.9 Å². The fourth-order valence-electron chi connectivity index (χ4n) is 4.81. The van der Waals surface area contributed by atoms with Crippen LogP contribution in [0.4, 0.5) is 0 Å². The first kappa shape index (κ1) is 25.5. The van der Waals surface area contributed by atoms with Crippen LogP contribution in [0.2, 0.25) is 5.02 Å². The number of carbonyl (C=O) groups is 2. The number of hydrogen-bond donors (Lipinski definition) is 0. The Kier molecular flexibility index (Phi) is 8.69. The molecule has 0 radical (unpaired) electrons. The number of hydrogen-bond acceptors (Lipinski definition) is 4. The van der Waals surface area contributed by atoms with E-state index in [1.54, 1.807) is 6.07 Å². The van der Waals surface area contributed by atoms with Crippen molar-refractivity contribution in [3.8, 4) is 5.75 Å². The van der Waals surface area contributed by atoms with Gasteiger partial charge in [0.25, 0.3) is 0 Å². The summed E-state index contributed by atoms with van der Waals surface area (Å²) in [5, 5.41) is 0.677. The highest BCUT2D eigenvalue weighted by Crippen LogP contribution is 2.28. The van der Waals surface area contributed by atoms with E-state index in [1.165, 1.54) is 0 Å². The lowest BCUT2D eigenvalue weighted by Gasteiger charge is -2.43. The van der Waals surface area contributed by atoms with Crippen LogP contribution >= 0.6 is 11.6 Å². The maximum absolute atomic E-state index is 13.2. The summed E-state index contributed by atoms with van der Waals surface area (Å²) in [6, 6.07) is 15.5. The zero-order valence-electron chi connectivity index (χ0n) is 20.5. The van der Waals surface area contributed by atoms with E-state index in [4.69, 9.17) is 21.1 Å². The summed E-state index contributed by atoms with van der Waals surface area (Å²) in [5.41, 5.74) is 1.18. The third kappa shape index (κ3) is 6.98. The molecular formula is C28H35ClN2O4. The standard InChI is InChI=1S/C28H35ClN2O4/c1-22-18-24(11-12-25(22)29)34-21-28(19-27(33)30-14-6-3-7-15-30)20-31(16-17-35-28)26(32)13-10-23-8-4-2-5-9-23/h2,4-5,8-9,11-12,18H,3,6-7,10,13-17,19-21H2,1H3. The van der Waals surface area contributed by atoms with Crippen molar-refractivity contribution in [1.82, 2.24) is 9.80 Å². The molecule has 2 aliphatic rings. The van der Waals surface area contributed by atoms with Gasteiger partial charge >= 0.3 is 0 Å². The van der Waals surface area contributed by atoms with E-state index in [-0.39, 0.29) is 24.8 Å². The molecule has 2 saturated heterocycles. The third-order valence-corrected chi connectivity index (χ3v) is 7.31. The molecule has 7 heteroatoms. The molecule has 2 heterocycles. The minimum absolute atomic E-state index is 0.0687. The molecule has 0 bridgehead atoms. The molecule has 0 spiro atoms. The third-order valence-electron chi connectivity index (χ3n) is 6.88. The molecule has 0 aliphatic carbocycles. The molecule has 0 aromatic heterocycles. The van der Waals surface area contributed by atoms with Crippen molar-refractivity contribution in [2.75, 3.05) is 39.4 Å². The number of halogens is 1. The highest BCUT2D eigenvalue weighted by molar-refractivity contribution is 6.31. The fraction of sp³-hybridized carbons (Fsp3) is 0.500. The van der Waals surface area contributed by atoms with Crippen LogP contribution in [0.15, 0.2) is 48.5 Å². The van der Waals surface area contributed by atoms with Crippen LogP contribution in [0, 0.1) is 6.92 Å². The monoisotopic (exact) mass is 498 g/mol. The smallest absolute Gasteiger partial charge is 0.225 e. The largest absolute Gasteiger partial charge is 0.490 e. The van der Waals surface area contributed by atoms with Crippen molar-refractivity contribution in [2.45, 2.75) is 51.0 Å². The quantitative estimate of drug-likeness (QED) is 0.531. The van der Waals surface area contributed by atoms with Gasteiger partial charge in [-0.1, -0.05) is 41.9 Å². The van der Waals surface area contributed by atoms with Crippen LogP contribution < -0.4 is 4.74 Å². The number of morpholine rings is 1. The molecule has 1 unspecified atom stereocenters. The number of aryl methyl sites for hydroxylation is 2. The van der Waals surface area contributed by atoms with Gasteiger partial charge in [-0.25, -0.2) is 0 Å². The zero-order valence-corrected chi connectivity index (χ0v) is 21.3. The number of carbonyl (C=O) groups excluding carboxylic acids is 2. The summed E-state index contributed by atoms with van der Waals surface area (Å²) in [6.07, 6.45) is 4.54. The lowest BCUT2D eigenvalue weighted by molar-refractivity contribution is -0.166. The van der Waals surface area contributed by atoms with E-state index in [9.17, 15) is 9.59 Å². The van der Waals surface area contributed by atoms with E-state index >= 15 is 0 Å². The van der Waals surface area contributed by atoms with Crippen molar-refractivity contribution < 1.29 is 19.1 Å². The molecule has 2 fully saturated rings.